The summed E-state index contributed by atoms with van der Waals surface area (Å²) in [5, 5.41) is 17.5. The van der Waals surface area contributed by atoms with E-state index in [4.69, 9.17) is 0 Å². The van der Waals surface area contributed by atoms with Crippen molar-refractivity contribution >= 4 is 32.8 Å². The molecule has 3 aromatic rings. The van der Waals surface area contributed by atoms with Gasteiger partial charge >= 0.3 is 0 Å². The van der Waals surface area contributed by atoms with Crippen molar-refractivity contribution in [3.8, 4) is 0 Å². The Kier molecular flexibility index (Phi) is 4.70. The normalized spacial score (nSPS) is 16.8. The van der Waals surface area contributed by atoms with Crippen LogP contribution in [-0.4, -0.2) is 23.5 Å². The van der Waals surface area contributed by atoms with Gasteiger partial charge in [-0.05, 0) is 29.1 Å². The summed E-state index contributed by atoms with van der Waals surface area (Å²) in [5.41, 5.74) is 1.09. The summed E-state index contributed by atoms with van der Waals surface area (Å²) in [6.45, 7) is 0. The molecule has 0 fully saturated rings. The maximum Gasteiger partial charge on any atom is 0.279 e. The second-order valence-corrected chi connectivity index (χ2v) is 8.93. The van der Waals surface area contributed by atoms with Crippen LogP contribution in [0.3, 0.4) is 0 Å². The van der Waals surface area contributed by atoms with Crippen LogP contribution in [0, 0.1) is 10.1 Å². The molecule has 0 N–H and O–H groups in total. The van der Waals surface area contributed by atoms with Crippen LogP contribution in [0.25, 0.3) is 0 Å². The lowest BCUT2D eigenvalue weighted by Crippen LogP contribution is -2.27. The number of rotatable bonds is 5. The molecule has 0 spiro atoms. The van der Waals surface area contributed by atoms with Gasteiger partial charge in [0.1, 0.15) is 0 Å². The summed E-state index contributed by atoms with van der Waals surface area (Å²) in [6, 6.07) is 17.2. The number of thiophene rings is 1. The van der Waals surface area contributed by atoms with Gasteiger partial charge in [-0.2, -0.15) is 17.9 Å². The standard InChI is InChI=1S/C19H15N3O4S2/c23-22(24)15-7-4-6-14(12-15)18-13-17(19-10-5-11-27-19)20-21(18)28(25,26)16-8-2-1-3-9-16/h1-12,18H,13H2/t18-/m0/s1. The minimum atomic E-state index is -3.91. The number of hydrazone groups is 1. The smallest absolute Gasteiger partial charge is 0.258 e. The lowest BCUT2D eigenvalue weighted by Gasteiger charge is -2.23. The van der Waals surface area contributed by atoms with E-state index in [1.807, 2.05) is 17.5 Å². The Hall–Kier alpha value is -3.04. The predicted molar refractivity (Wildman–Crippen MR) is 107 cm³/mol. The molecule has 2 heterocycles. The van der Waals surface area contributed by atoms with Crippen LogP contribution in [-0.2, 0) is 10.0 Å². The number of sulfonamides is 1. The predicted octanol–water partition coefficient (Wildman–Crippen LogP) is 4.20. The van der Waals surface area contributed by atoms with E-state index in [0.29, 0.717) is 17.7 Å². The summed E-state index contributed by atoms with van der Waals surface area (Å²) in [4.78, 5) is 11.7. The van der Waals surface area contributed by atoms with Gasteiger partial charge in [0.05, 0.1) is 26.4 Å². The zero-order valence-corrected chi connectivity index (χ0v) is 16.1. The molecule has 0 bridgehead atoms. The molecule has 4 rings (SSSR count). The van der Waals surface area contributed by atoms with Gasteiger partial charge < -0.3 is 0 Å². The van der Waals surface area contributed by atoms with Crippen LogP contribution >= 0.6 is 11.3 Å². The van der Waals surface area contributed by atoms with Gasteiger partial charge in [-0.1, -0.05) is 36.4 Å². The highest BCUT2D eigenvalue weighted by molar-refractivity contribution is 7.89. The lowest BCUT2D eigenvalue weighted by molar-refractivity contribution is -0.384. The monoisotopic (exact) mass is 413 g/mol. The van der Waals surface area contributed by atoms with Gasteiger partial charge in [0, 0.05) is 18.6 Å². The molecule has 2 aromatic carbocycles. The minimum Gasteiger partial charge on any atom is -0.258 e. The fourth-order valence-corrected chi connectivity index (χ4v) is 5.27. The van der Waals surface area contributed by atoms with Gasteiger partial charge in [-0.25, -0.2) is 0 Å². The largest absolute Gasteiger partial charge is 0.279 e. The van der Waals surface area contributed by atoms with E-state index in [0.717, 1.165) is 9.29 Å². The van der Waals surface area contributed by atoms with Crippen LogP contribution in [0.5, 0.6) is 0 Å². The molecule has 28 heavy (non-hydrogen) atoms. The van der Waals surface area contributed by atoms with Crippen molar-refractivity contribution in [3.05, 3.63) is 92.7 Å². The topological polar surface area (TPSA) is 92.9 Å². The van der Waals surface area contributed by atoms with E-state index in [1.165, 1.54) is 35.6 Å². The molecule has 1 aromatic heterocycles. The van der Waals surface area contributed by atoms with Crippen LogP contribution in [0.2, 0.25) is 0 Å². The van der Waals surface area contributed by atoms with E-state index >= 15 is 0 Å². The summed E-state index contributed by atoms with van der Waals surface area (Å²) in [5.74, 6) is 0. The first-order valence-electron chi connectivity index (χ1n) is 8.42. The minimum absolute atomic E-state index is 0.0841. The fraction of sp³-hybridized carbons (Fsp3) is 0.105. The van der Waals surface area contributed by atoms with Gasteiger partial charge in [-0.15, -0.1) is 11.3 Å². The number of nitrogens with zero attached hydrogens (tertiary/aromatic N) is 3. The number of hydrogen-bond donors (Lipinski definition) is 0. The highest BCUT2D eigenvalue weighted by Gasteiger charge is 2.38. The quantitative estimate of drug-likeness (QED) is 0.463. The molecule has 1 aliphatic rings. The van der Waals surface area contributed by atoms with Crippen LogP contribution in [0.1, 0.15) is 22.9 Å². The van der Waals surface area contributed by atoms with E-state index in [1.54, 1.807) is 30.3 Å². The van der Waals surface area contributed by atoms with Gasteiger partial charge in [0.2, 0.25) is 0 Å². The highest BCUT2D eigenvalue weighted by Crippen LogP contribution is 2.38. The Morgan fingerprint density at radius 1 is 1.07 bits per heavy atom. The van der Waals surface area contributed by atoms with Crippen LogP contribution < -0.4 is 0 Å². The first-order chi connectivity index (χ1) is 13.5. The summed E-state index contributed by atoms with van der Waals surface area (Å²) < 4.78 is 27.6. The number of benzene rings is 2. The summed E-state index contributed by atoms with van der Waals surface area (Å²) in [7, 11) is -3.91. The zero-order valence-electron chi connectivity index (χ0n) is 14.5. The zero-order chi connectivity index (χ0) is 19.7. The third-order valence-corrected chi connectivity index (χ3v) is 7.05. The molecule has 0 aliphatic carbocycles. The molecule has 9 heteroatoms. The van der Waals surface area contributed by atoms with Crippen LogP contribution in [0.15, 0.2) is 82.1 Å². The molecular weight excluding hydrogens is 398 g/mol. The van der Waals surface area contributed by atoms with Gasteiger partial charge in [-0.3, -0.25) is 10.1 Å². The Balaban J connectivity index is 1.81. The third-order valence-electron chi connectivity index (χ3n) is 4.43. The van der Waals surface area contributed by atoms with E-state index in [2.05, 4.69) is 5.10 Å². The van der Waals surface area contributed by atoms with Crippen molar-refractivity contribution < 1.29 is 13.3 Å². The average molecular weight is 413 g/mol. The molecule has 0 saturated carbocycles. The molecule has 0 amide bonds. The molecule has 0 radical (unpaired) electrons. The number of nitro groups is 1. The van der Waals surface area contributed by atoms with Crippen molar-refractivity contribution in [1.29, 1.82) is 0 Å². The second-order valence-electron chi connectivity index (χ2n) is 6.19. The fourth-order valence-electron chi connectivity index (χ4n) is 3.10. The third kappa shape index (κ3) is 3.30. The Morgan fingerprint density at radius 3 is 2.54 bits per heavy atom. The van der Waals surface area contributed by atoms with E-state index in [9.17, 15) is 18.5 Å². The highest BCUT2D eigenvalue weighted by atomic mass is 32.2. The summed E-state index contributed by atoms with van der Waals surface area (Å²) in [6.07, 6.45) is 0.341. The maximum absolute atomic E-state index is 13.2. The Labute approximate surface area is 165 Å². The van der Waals surface area contributed by atoms with Gasteiger partial charge in [0.25, 0.3) is 15.7 Å². The van der Waals surface area contributed by atoms with E-state index < -0.39 is 21.0 Å². The lowest BCUT2D eigenvalue weighted by atomic mass is 10.0. The first-order valence-corrected chi connectivity index (χ1v) is 10.7. The number of hydrogen-bond acceptors (Lipinski definition) is 6. The van der Waals surface area contributed by atoms with Crippen molar-refractivity contribution in [2.45, 2.75) is 17.4 Å². The maximum atomic E-state index is 13.2. The summed E-state index contributed by atoms with van der Waals surface area (Å²) >= 11 is 1.47. The SMILES string of the molecule is O=[N+]([O-])c1cccc([C@@H]2CC(c3cccs3)=NN2S(=O)(=O)c2ccccc2)c1. The second kappa shape index (κ2) is 7.17. The first kappa shape index (κ1) is 18.3. The molecule has 1 atom stereocenters. The Morgan fingerprint density at radius 2 is 1.86 bits per heavy atom. The molecule has 142 valence electrons. The average Bonchev–Trinajstić information content (AvgIpc) is 3.39. The van der Waals surface area contributed by atoms with Crippen molar-refractivity contribution in [2.75, 3.05) is 0 Å². The molecule has 7 nitrogen and oxygen atoms in total. The van der Waals surface area contributed by atoms with Crippen LogP contribution in [0.4, 0.5) is 5.69 Å². The van der Waals surface area contributed by atoms with Crippen molar-refractivity contribution in [3.63, 3.8) is 0 Å². The van der Waals surface area contributed by atoms with Gasteiger partial charge in [0.15, 0.2) is 0 Å². The molecule has 0 saturated heterocycles. The molecule has 1 aliphatic heterocycles. The molecular formula is C19H15N3O4S2. The number of nitro benzene ring substituents is 1. The number of non-ortho nitro benzene ring substituents is 1. The molecule has 0 unspecified atom stereocenters. The Bertz CT molecular complexity index is 1140. The van der Waals surface area contributed by atoms with E-state index in [-0.39, 0.29) is 10.6 Å². The van der Waals surface area contributed by atoms with Crippen molar-refractivity contribution in [2.24, 2.45) is 5.10 Å². The van der Waals surface area contributed by atoms with Crippen molar-refractivity contribution in [1.82, 2.24) is 4.41 Å².